The van der Waals surface area contributed by atoms with Gasteiger partial charge in [-0.25, -0.2) is 13.1 Å². The number of carbonyl (C=O) groups excluding carboxylic acids is 1. The van der Waals surface area contributed by atoms with Gasteiger partial charge in [0.1, 0.15) is 0 Å². The Kier molecular flexibility index (Phi) is 6.19. The lowest BCUT2D eigenvalue weighted by Gasteiger charge is -2.35. The number of nitrogens with zero attached hydrogens (tertiary/aromatic N) is 1. The number of piperidine rings is 1. The molecule has 2 N–H and O–H groups in total. The molecule has 2 aliphatic rings. The first kappa shape index (κ1) is 17.7. The van der Waals surface area contributed by atoms with Crippen molar-refractivity contribution in [2.75, 3.05) is 32.6 Å². The number of ether oxygens (including phenoxy) is 1. The molecule has 0 aromatic rings. The Morgan fingerprint density at radius 2 is 1.95 bits per heavy atom. The van der Waals surface area contributed by atoms with Crippen LogP contribution in [0.5, 0.6) is 0 Å². The third-order valence-corrected chi connectivity index (χ3v) is 5.82. The third kappa shape index (κ3) is 4.91. The van der Waals surface area contributed by atoms with E-state index in [1.165, 1.54) is 12.8 Å². The molecule has 2 heterocycles. The lowest BCUT2D eigenvalue weighted by Crippen LogP contribution is -2.50. The SMILES string of the molecule is CCOCCS(=O)(=O)NCC(=O)N(C)C1CC2CCC(C1)N2. The van der Waals surface area contributed by atoms with Gasteiger partial charge >= 0.3 is 0 Å². The van der Waals surface area contributed by atoms with Crippen LogP contribution < -0.4 is 10.0 Å². The number of rotatable bonds is 8. The van der Waals surface area contributed by atoms with Crippen LogP contribution in [0.2, 0.25) is 0 Å². The van der Waals surface area contributed by atoms with Gasteiger partial charge in [0, 0.05) is 31.8 Å². The third-order valence-electron chi connectivity index (χ3n) is 4.53. The fraction of sp³-hybridized carbons (Fsp3) is 0.929. The van der Waals surface area contributed by atoms with Crippen LogP contribution in [-0.4, -0.2) is 69.9 Å². The largest absolute Gasteiger partial charge is 0.381 e. The number of carbonyl (C=O) groups is 1. The summed E-state index contributed by atoms with van der Waals surface area (Å²) < 4.78 is 30.9. The van der Waals surface area contributed by atoms with E-state index in [4.69, 9.17) is 4.74 Å². The number of amides is 1. The molecule has 0 spiro atoms. The van der Waals surface area contributed by atoms with E-state index in [1.54, 1.807) is 11.9 Å². The van der Waals surface area contributed by atoms with E-state index in [-0.39, 0.29) is 30.9 Å². The van der Waals surface area contributed by atoms with E-state index >= 15 is 0 Å². The van der Waals surface area contributed by atoms with Crippen molar-refractivity contribution in [3.05, 3.63) is 0 Å². The predicted octanol–water partition coefficient (Wildman–Crippen LogP) is -0.316. The molecule has 22 heavy (non-hydrogen) atoms. The summed E-state index contributed by atoms with van der Waals surface area (Å²) >= 11 is 0. The van der Waals surface area contributed by atoms with Crippen molar-refractivity contribution in [1.29, 1.82) is 0 Å². The van der Waals surface area contributed by atoms with Gasteiger partial charge in [-0.05, 0) is 32.6 Å². The summed E-state index contributed by atoms with van der Waals surface area (Å²) in [6.45, 7) is 2.26. The van der Waals surface area contributed by atoms with Crippen LogP contribution in [0.15, 0.2) is 0 Å². The molecule has 0 saturated carbocycles. The molecule has 7 nitrogen and oxygen atoms in total. The minimum absolute atomic E-state index is 0.116. The average Bonchev–Trinajstić information content (AvgIpc) is 2.82. The van der Waals surface area contributed by atoms with E-state index in [2.05, 4.69) is 10.0 Å². The van der Waals surface area contributed by atoms with E-state index in [1.807, 2.05) is 6.92 Å². The highest BCUT2D eigenvalue weighted by Gasteiger charge is 2.36. The van der Waals surface area contributed by atoms with Crippen molar-refractivity contribution in [3.8, 4) is 0 Å². The monoisotopic (exact) mass is 333 g/mol. The molecule has 2 saturated heterocycles. The van der Waals surface area contributed by atoms with Crippen molar-refractivity contribution in [3.63, 3.8) is 0 Å². The second kappa shape index (κ2) is 7.72. The van der Waals surface area contributed by atoms with Gasteiger partial charge in [0.05, 0.1) is 18.9 Å². The van der Waals surface area contributed by atoms with E-state index in [0.29, 0.717) is 18.7 Å². The Morgan fingerprint density at radius 1 is 1.32 bits per heavy atom. The number of hydrogen-bond acceptors (Lipinski definition) is 5. The fourth-order valence-electron chi connectivity index (χ4n) is 3.23. The second-order valence-electron chi connectivity index (χ2n) is 6.10. The molecule has 8 heteroatoms. The number of likely N-dealkylation sites (N-methyl/N-ethyl adjacent to an activating group) is 1. The van der Waals surface area contributed by atoms with Crippen LogP contribution in [0, 0.1) is 0 Å². The van der Waals surface area contributed by atoms with Crippen LogP contribution in [0.4, 0.5) is 0 Å². The normalized spacial score (nSPS) is 27.8. The maximum Gasteiger partial charge on any atom is 0.237 e. The van der Waals surface area contributed by atoms with Crippen LogP contribution in [0.1, 0.15) is 32.6 Å². The summed E-state index contributed by atoms with van der Waals surface area (Å²) in [4.78, 5) is 13.9. The number of nitrogens with one attached hydrogen (secondary N) is 2. The summed E-state index contributed by atoms with van der Waals surface area (Å²) in [5.41, 5.74) is 0. The minimum Gasteiger partial charge on any atom is -0.381 e. The molecule has 0 aromatic carbocycles. The van der Waals surface area contributed by atoms with Gasteiger partial charge in [0.15, 0.2) is 0 Å². The highest BCUT2D eigenvalue weighted by molar-refractivity contribution is 7.89. The zero-order valence-corrected chi connectivity index (χ0v) is 14.2. The molecule has 0 aromatic heterocycles. The summed E-state index contributed by atoms with van der Waals surface area (Å²) in [6, 6.07) is 1.21. The Hall–Kier alpha value is -0.700. The zero-order chi connectivity index (χ0) is 16.2. The van der Waals surface area contributed by atoms with Crippen LogP contribution in [0.3, 0.4) is 0 Å². The van der Waals surface area contributed by atoms with Crippen molar-refractivity contribution in [2.24, 2.45) is 0 Å². The van der Waals surface area contributed by atoms with Crippen molar-refractivity contribution in [2.45, 2.75) is 50.7 Å². The van der Waals surface area contributed by atoms with Crippen molar-refractivity contribution >= 4 is 15.9 Å². The summed E-state index contributed by atoms with van der Waals surface area (Å²) in [7, 11) is -1.69. The fourth-order valence-corrected chi connectivity index (χ4v) is 4.05. The van der Waals surface area contributed by atoms with Gasteiger partial charge in [-0.3, -0.25) is 4.79 Å². The Bertz CT molecular complexity index is 470. The number of sulfonamides is 1. The maximum atomic E-state index is 12.2. The summed E-state index contributed by atoms with van der Waals surface area (Å²) in [6.07, 6.45) is 4.26. The molecule has 0 aliphatic carbocycles. The molecule has 2 aliphatic heterocycles. The molecule has 128 valence electrons. The van der Waals surface area contributed by atoms with E-state index < -0.39 is 10.0 Å². The molecule has 2 atom stereocenters. The van der Waals surface area contributed by atoms with E-state index in [9.17, 15) is 13.2 Å². The summed E-state index contributed by atoms with van der Waals surface area (Å²) in [5, 5.41) is 3.54. The van der Waals surface area contributed by atoms with Crippen molar-refractivity contribution < 1.29 is 17.9 Å². The standard InChI is InChI=1S/C14H27N3O4S/c1-3-21-6-7-22(19,20)15-10-14(18)17(2)13-8-11-4-5-12(9-13)16-11/h11-13,15-16H,3-10H2,1-2H3. The number of fused-ring (bicyclic) bond motifs is 2. The molecular formula is C14H27N3O4S. The van der Waals surface area contributed by atoms with Gasteiger partial charge in [-0.1, -0.05) is 0 Å². The zero-order valence-electron chi connectivity index (χ0n) is 13.4. The smallest absolute Gasteiger partial charge is 0.237 e. The van der Waals surface area contributed by atoms with Gasteiger partial charge in [0.25, 0.3) is 0 Å². The topological polar surface area (TPSA) is 87.7 Å². The Labute approximate surface area is 132 Å². The van der Waals surface area contributed by atoms with Crippen molar-refractivity contribution in [1.82, 2.24) is 14.9 Å². The van der Waals surface area contributed by atoms with Crippen LogP contribution in [-0.2, 0) is 19.6 Å². The lowest BCUT2D eigenvalue weighted by atomic mass is 9.98. The number of hydrogen-bond donors (Lipinski definition) is 2. The molecule has 2 bridgehead atoms. The molecule has 0 radical (unpaired) electrons. The maximum absolute atomic E-state index is 12.2. The van der Waals surface area contributed by atoms with Gasteiger partial charge in [-0.2, -0.15) is 0 Å². The van der Waals surface area contributed by atoms with Gasteiger partial charge in [0.2, 0.25) is 15.9 Å². The lowest BCUT2D eigenvalue weighted by molar-refractivity contribution is -0.131. The average molecular weight is 333 g/mol. The van der Waals surface area contributed by atoms with Gasteiger partial charge in [-0.15, -0.1) is 0 Å². The van der Waals surface area contributed by atoms with Crippen LogP contribution in [0.25, 0.3) is 0 Å². The second-order valence-corrected chi connectivity index (χ2v) is 8.03. The highest BCUT2D eigenvalue weighted by Crippen LogP contribution is 2.29. The first-order chi connectivity index (χ1) is 10.4. The highest BCUT2D eigenvalue weighted by atomic mass is 32.2. The van der Waals surface area contributed by atoms with E-state index in [0.717, 1.165) is 12.8 Å². The van der Waals surface area contributed by atoms with Gasteiger partial charge < -0.3 is 15.0 Å². The molecule has 2 unspecified atom stereocenters. The summed E-state index contributed by atoms with van der Waals surface area (Å²) in [5.74, 6) is -0.290. The molecular weight excluding hydrogens is 306 g/mol. The Morgan fingerprint density at radius 3 is 2.55 bits per heavy atom. The Balaban J connectivity index is 1.76. The molecule has 1 amide bonds. The molecule has 2 fully saturated rings. The first-order valence-electron chi connectivity index (χ1n) is 7.98. The first-order valence-corrected chi connectivity index (χ1v) is 9.63. The quantitative estimate of drug-likeness (QED) is 0.595. The predicted molar refractivity (Wildman–Crippen MR) is 84.0 cm³/mol. The van der Waals surface area contributed by atoms with Crippen LogP contribution >= 0.6 is 0 Å². The molecule has 2 rings (SSSR count). The minimum atomic E-state index is -3.46.